The molecular weight excluding hydrogens is 332 g/mol. The molecule has 0 aliphatic carbocycles. The molecule has 1 amide bonds. The molecule has 2 saturated heterocycles. The average Bonchev–Trinajstić information content (AvgIpc) is 2.76. The third kappa shape index (κ3) is 5.93. The van der Waals surface area contributed by atoms with Crippen molar-refractivity contribution in [2.75, 3.05) is 26.2 Å². The maximum Gasteiger partial charge on any atom is 0.219 e. The summed E-state index contributed by atoms with van der Waals surface area (Å²) in [5, 5.41) is 3.38. The molecule has 2 fully saturated rings. The van der Waals surface area contributed by atoms with Crippen molar-refractivity contribution in [2.45, 2.75) is 44.4 Å². The molecule has 0 atom stereocenters. The summed E-state index contributed by atoms with van der Waals surface area (Å²) in [6.07, 6.45) is 4.79. The number of rotatable bonds is 2. The van der Waals surface area contributed by atoms with E-state index in [2.05, 4.69) is 59.9 Å². The highest BCUT2D eigenvalue weighted by molar-refractivity contribution is 5.73. The molecule has 0 aromatic heterocycles. The van der Waals surface area contributed by atoms with Gasteiger partial charge in [-0.3, -0.25) is 4.79 Å². The molecular formula is C24H32N2O. The van der Waals surface area contributed by atoms with Gasteiger partial charge in [-0.25, -0.2) is 0 Å². The molecule has 27 heavy (non-hydrogen) atoms. The van der Waals surface area contributed by atoms with Gasteiger partial charge in [0.1, 0.15) is 0 Å². The highest BCUT2D eigenvalue weighted by atomic mass is 16.2. The van der Waals surface area contributed by atoms with E-state index in [1.54, 1.807) is 6.92 Å². The van der Waals surface area contributed by atoms with Crippen LogP contribution in [0.4, 0.5) is 0 Å². The second kappa shape index (κ2) is 10.3. The standard InChI is InChI=1S/C13H17NO.C11H15N/c1-11(15)14-9-7-13(8-10-14)12-5-3-2-4-6-12;1-2-4-10(5-3-1)11-6-8-12-9-7-11/h2-6,13H,7-10H2,1H3;1-5,11-12H,6-9H2. The van der Waals surface area contributed by atoms with E-state index >= 15 is 0 Å². The van der Waals surface area contributed by atoms with E-state index < -0.39 is 0 Å². The Morgan fingerprint density at radius 1 is 0.778 bits per heavy atom. The van der Waals surface area contributed by atoms with Gasteiger partial charge in [0.25, 0.3) is 0 Å². The van der Waals surface area contributed by atoms with Crippen LogP contribution in [-0.2, 0) is 4.79 Å². The predicted octanol–water partition coefficient (Wildman–Crippen LogP) is 4.57. The van der Waals surface area contributed by atoms with Crippen molar-refractivity contribution in [3.63, 3.8) is 0 Å². The number of carbonyl (C=O) groups is 1. The first-order chi connectivity index (χ1) is 13.2. The topological polar surface area (TPSA) is 32.3 Å². The quantitative estimate of drug-likeness (QED) is 0.847. The zero-order valence-electron chi connectivity index (χ0n) is 16.4. The first-order valence-electron chi connectivity index (χ1n) is 10.3. The van der Waals surface area contributed by atoms with E-state index in [-0.39, 0.29) is 5.91 Å². The number of hydrogen-bond acceptors (Lipinski definition) is 2. The maximum atomic E-state index is 11.2. The van der Waals surface area contributed by atoms with Crippen LogP contribution in [0.2, 0.25) is 0 Å². The van der Waals surface area contributed by atoms with Gasteiger partial charge in [0.15, 0.2) is 0 Å². The minimum Gasteiger partial charge on any atom is -0.343 e. The van der Waals surface area contributed by atoms with Crippen LogP contribution in [0.3, 0.4) is 0 Å². The minimum absolute atomic E-state index is 0.210. The van der Waals surface area contributed by atoms with Crippen molar-refractivity contribution >= 4 is 5.91 Å². The van der Waals surface area contributed by atoms with Crippen LogP contribution < -0.4 is 5.32 Å². The molecule has 4 rings (SSSR count). The lowest BCUT2D eigenvalue weighted by molar-refractivity contribution is -0.129. The summed E-state index contributed by atoms with van der Waals surface area (Å²) in [5.74, 6) is 1.65. The first kappa shape index (κ1) is 19.6. The van der Waals surface area contributed by atoms with Crippen LogP contribution >= 0.6 is 0 Å². The van der Waals surface area contributed by atoms with E-state index in [1.807, 2.05) is 11.0 Å². The number of hydrogen-bond donors (Lipinski definition) is 1. The SMILES string of the molecule is CC(=O)N1CCC(c2ccccc2)CC1.c1ccc(C2CCNCC2)cc1. The van der Waals surface area contributed by atoms with Crippen LogP contribution in [0.1, 0.15) is 55.6 Å². The van der Waals surface area contributed by atoms with Crippen molar-refractivity contribution in [3.8, 4) is 0 Å². The van der Waals surface area contributed by atoms with Crippen LogP contribution in [-0.4, -0.2) is 37.0 Å². The number of nitrogens with one attached hydrogen (secondary N) is 1. The Bertz CT molecular complexity index is 672. The summed E-state index contributed by atoms with van der Waals surface area (Å²) in [4.78, 5) is 13.1. The van der Waals surface area contributed by atoms with Crippen LogP contribution in [0, 0.1) is 0 Å². The van der Waals surface area contributed by atoms with Crippen molar-refractivity contribution in [3.05, 3.63) is 71.8 Å². The normalized spacial score (nSPS) is 18.5. The summed E-state index contributed by atoms with van der Waals surface area (Å²) in [6, 6.07) is 21.5. The average molecular weight is 365 g/mol. The van der Waals surface area contributed by atoms with Crippen LogP contribution in [0.15, 0.2) is 60.7 Å². The van der Waals surface area contributed by atoms with Gasteiger partial charge in [0, 0.05) is 20.0 Å². The van der Waals surface area contributed by atoms with Gasteiger partial charge in [-0.15, -0.1) is 0 Å². The van der Waals surface area contributed by atoms with Gasteiger partial charge in [0.2, 0.25) is 5.91 Å². The fourth-order valence-corrected chi connectivity index (χ4v) is 4.13. The highest BCUT2D eigenvalue weighted by Crippen LogP contribution is 2.27. The largest absolute Gasteiger partial charge is 0.343 e. The molecule has 2 aromatic carbocycles. The molecule has 2 heterocycles. The Morgan fingerprint density at radius 2 is 1.22 bits per heavy atom. The molecule has 2 aliphatic heterocycles. The van der Waals surface area contributed by atoms with E-state index in [4.69, 9.17) is 0 Å². The summed E-state index contributed by atoms with van der Waals surface area (Å²) >= 11 is 0. The number of carbonyl (C=O) groups excluding carboxylic acids is 1. The predicted molar refractivity (Wildman–Crippen MR) is 112 cm³/mol. The van der Waals surface area contributed by atoms with Crippen molar-refractivity contribution < 1.29 is 4.79 Å². The Kier molecular flexibility index (Phi) is 7.46. The second-order valence-corrected chi connectivity index (χ2v) is 7.63. The Hall–Kier alpha value is -2.13. The van der Waals surface area contributed by atoms with Crippen molar-refractivity contribution in [1.29, 1.82) is 0 Å². The van der Waals surface area contributed by atoms with Crippen LogP contribution in [0.5, 0.6) is 0 Å². The lowest BCUT2D eigenvalue weighted by Gasteiger charge is -2.31. The summed E-state index contributed by atoms with van der Waals surface area (Å²) in [7, 11) is 0. The van der Waals surface area contributed by atoms with Gasteiger partial charge < -0.3 is 10.2 Å². The molecule has 2 aromatic rings. The zero-order valence-corrected chi connectivity index (χ0v) is 16.4. The molecule has 144 valence electrons. The Labute approximate surface area is 163 Å². The number of likely N-dealkylation sites (tertiary alicyclic amines) is 1. The van der Waals surface area contributed by atoms with E-state index in [1.165, 1.54) is 37.1 Å². The molecule has 0 bridgehead atoms. The maximum absolute atomic E-state index is 11.2. The smallest absolute Gasteiger partial charge is 0.219 e. The monoisotopic (exact) mass is 364 g/mol. The summed E-state index contributed by atoms with van der Waals surface area (Å²) in [6.45, 7) is 5.84. The lowest BCUT2D eigenvalue weighted by Crippen LogP contribution is -2.36. The van der Waals surface area contributed by atoms with E-state index in [9.17, 15) is 4.79 Å². The highest BCUT2D eigenvalue weighted by Gasteiger charge is 2.21. The van der Waals surface area contributed by atoms with E-state index in [0.29, 0.717) is 5.92 Å². The lowest BCUT2D eigenvalue weighted by atomic mass is 9.89. The van der Waals surface area contributed by atoms with Gasteiger partial charge in [0.05, 0.1) is 0 Å². The zero-order chi connectivity index (χ0) is 18.9. The number of nitrogens with zero attached hydrogens (tertiary/aromatic N) is 1. The molecule has 0 radical (unpaired) electrons. The number of benzene rings is 2. The molecule has 0 spiro atoms. The summed E-state index contributed by atoms with van der Waals surface area (Å²) < 4.78 is 0. The molecule has 0 saturated carbocycles. The Balaban J connectivity index is 0.000000159. The molecule has 1 N–H and O–H groups in total. The van der Waals surface area contributed by atoms with Crippen molar-refractivity contribution in [1.82, 2.24) is 10.2 Å². The second-order valence-electron chi connectivity index (χ2n) is 7.63. The molecule has 3 heteroatoms. The number of amides is 1. The third-order valence-electron chi connectivity index (χ3n) is 5.82. The van der Waals surface area contributed by atoms with Gasteiger partial charge in [-0.05, 0) is 61.7 Å². The minimum atomic E-state index is 0.210. The fraction of sp³-hybridized carbons (Fsp3) is 0.458. The molecule has 2 aliphatic rings. The molecule has 0 unspecified atom stereocenters. The summed E-state index contributed by atoms with van der Waals surface area (Å²) in [5.41, 5.74) is 2.93. The van der Waals surface area contributed by atoms with Gasteiger partial charge in [-0.1, -0.05) is 60.7 Å². The molecule has 3 nitrogen and oxygen atoms in total. The van der Waals surface area contributed by atoms with Crippen LogP contribution in [0.25, 0.3) is 0 Å². The van der Waals surface area contributed by atoms with Crippen molar-refractivity contribution in [2.24, 2.45) is 0 Å². The fourth-order valence-electron chi connectivity index (χ4n) is 4.13. The first-order valence-corrected chi connectivity index (χ1v) is 10.3. The number of piperidine rings is 2. The van der Waals surface area contributed by atoms with Gasteiger partial charge >= 0.3 is 0 Å². The third-order valence-corrected chi connectivity index (χ3v) is 5.82. The Morgan fingerprint density at radius 3 is 1.67 bits per heavy atom. The van der Waals surface area contributed by atoms with E-state index in [0.717, 1.165) is 31.8 Å². The van der Waals surface area contributed by atoms with Gasteiger partial charge in [-0.2, -0.15) is 0 Å².